The molecule has 0 aliphatic rings. The zero-order valence-electron chi connectivity index (χ0n) is 8.82. The van der Waals surface area contributed by atoms with Crippen molar-refractivity contribution in [1.82, 2.24) is 5.32 Å². The first-order chi connectivity index (χ1) is 6.97. The molecule has 1 rings (SSSR count). The molecule has 0 aliphatic carbocycles. The van der Waals surface area contributed by atoms with Crippen molar-refractivity contribution >= 4 is 29.0 Å². The number of carbonyl (C=O) groups is 1. The molecule has 0 spiro atoms. The van der Waals surface area contributed by atoms with Gasteiger partial charge in [-0.3, -0.25) is 4.79 Å². The summed E-state index contributed by atoms with van der Waals surface area (Å²) in [5, 5.41) is 14.1. The van der Waals surface area contributed by atoms with Crippen LogP contribution in [0.4, 0.5) is 0 Å². The van der Waals surface area contributed by atoms with E-state index in [1.807, 2.05) is 17.5 Å². The number of hydrogen-bond donors (Lipinski definition) is 2. The van der Waals surface area contributed by atoms with Crippen LogP contribution in [-0.2, 0) is 4.79 Å². The summed E-state index contributed by atoms with van der Waals surface area (Å²) in [5.74, 6) is 0.354. The summed E-state index contributed by atoms with van der Waals surface area (Å²) in [6, 6.07) is 3.94. The number of thiophene rings is 1. The van der Waals surface area contributed by atoms with Crippen molar-refractivity contribution in [2.45, 2.75) is 23.7 Å². The maximum atomic E-state index is 11.3. The van der Waals surface area contributed by atoms with Crippen molar-refractivity contribution in [2.24, 2.45) is 0 Å². The molecule has 0 radical (unpaired) electrons. The van der Waals surface area contributed by atoms with Crippen molar-refractivity contribution < 1.29 is 9.90 Å². The first-order valence-corrected chi connectivity index (χ1v) is 6.49. The van der Waals surface area contributed by atoms with Crippen LogP contribution in [-0.4, -0.2) is 28.9 Å². The summed E-state index contributed by atoms with van der Waals surface area (Å²) in [4.78, 5) is 11.3. The molecule has 0 unspecified atom stereocenters. The Morgan fingerprint density at radius 2 is 2.40 bits per heavy atom. The van der Waals surface area contributed by atoms with Gasteiger partial charge in [0, 0.05) is 6.54 Å². The quantitative estimate of drug-likeness (QED) is 0.777. The number of aliphatic hydroxyl groups is 1. The molecule has 1 aromatic rings. The summed E-state index contributed by atoms with van der Waals surface area (Å²) in [5.41, 5.74) is -0.844. The maximum absolute atomic E-state index is 11.3. The molecular formula is C10H15NO2S2. The van der Waals surface area contributed by atoms with Crippen molar-refractivity contribution in [1.29, 1.82) is 0 Å². The number of carbonyl (C=O) groups excluding carboxylic acids is 1. The molecule has 1 aromatic heterocycles. The largest absolute Gasteiger partial charge is 0.389 e. The second-order valence-corrected chi connectivity index (χ2v) is 6.03. The highest BCUT2D eigenvalue weighted by Crippen LogP contribution is 2.22. The number of hydrogen-bond acceptors (Lipinski definition) is 4. The highest BCUT2D eigenvalue weighted by Gasteiger charge is 2.13. The van der Waals surface area contributed by atoms with Crippen molar-refractivity contribution in [3.63, 3.8) is 0 Å². The molecule has 0 fully saturated rings. The summed E-state index contributed by atoms with van der Waals surface area (Å²) in [6.45, 7) is 3.62. The lowest BCUT2D eigenvalue weighted by Gasteiger charge is -2.17. The zero-order valence-corrected chi connectivity index (χ0v) is 10.5. The molecular weight excluding hydrogens is 230 g/mol. The Balaban J connectivity index is 2.20. The van der Waals surface area contributed by atoms with Gasteiger partial charge in [-0.2, -0.15) is 0 Å². The molecule has 2 N–H and O–H groups in total. The molecule has 0 atom stereocenters. The fourth-order valence-electron chi connectivity index (χ4n) is 0.848. The lowest BCUT2D eigenvalue weighted by atomic mass is 10.1. The van der Waals surface area contributed by atoms with Crippen LogP contribution >= 0.6 is 23.1 Å². The fourth-order valence-corrected chi connectivity index (χ4v) is 2.46. The summed E-state index contributed by atoms with van der Waals surface area (Å²) < 4.78 is 1.13. The Kier molecular flexibility index (Phi) is 4.63. The van der Waals surface area contributed by atoms with E-state index in [1.165, 1.54) is 11.8 Å². The third kappa shape index (κ3) is 5.81. The SMILES string of the molecule is CC(C)(O)CNC(=O)CSc1cccs1. The van der Waals surface area contributed by atoms with E-state index in [0.717, 1.165) is 4.21 Å². The normalized spacial score (nSPS) is 11.4. The molecule has 84 valence electrons. The third-order valence-electron chi connectivity index (χ3n) is 1.56. The van der Waals surface area contributed by atoms with E-state index in [9.17, 15) is 9.90 Å². The Morgan fingerprint density at radius 1 is 1.67 bits per heavy atom. The molecule has 0 aromatic carbocycles. The van der Waals surface area contributed by atoms with E-state index >= 15 is 0 Å². The molecule has 0 saturated heterocycles. The summed E-state index contributed by atoms with van der Waals surface area (Å²) in [6.07, 6.45) is 0. The monoisotopic (exact) mass is 245 g/mol. The van der Waals surface area contributed by atoms with E-state index in [0.29, 0.717) is 5.75 Å². The number of rotatable bonds is 5. The van der Waals surface area contributed by atoms with Crippen LogP contribution in [0.3, 0.4) is 0 Å². The van der Waals surface area contributed by atoms with Crippen molar-refractivity contribution in [3.05, 3.63) is 17.5 Å². The molecule has 1 heterocycles. The van der Waals surface area contributed by atoms with Gasteiger partial charge in [-0.1, -0.05) is 6.07 Å². The zero-order chi connectivity index (χ0) is 11.3. The van der Waals surface area contributed by atoms with Gasteiger partial charge >= 0.3 is 0 Å². The van der Waals surface area contributed by atoms with Crippen LogP contribution in [0.2, 0.25) is 0 Å². The second kappa shape index (κ2) is 5.53. The predicted molar refractivity (Wildman–Crippen MR) is 64.4 cm³/mol. The summed E-state index contributed by atoms with van der Waals surface area (Å²) in [7, 11) is 0. The van der Waals surface area contributed by atoms with Gasteiger partial charge in [-0.05, 0) is 25.3 Å². The number of nitrogens with one attached hydrogen (secondary N) is 1. The smallest absolute Gasteiger partial charge is 0.230 e. The van der Waals surface area contributed by atoms with Crippen LogP contribution in [0.1, 0.15) is 13.8 Å². The van der Waals surface area contributed by atoms with Gasteiger partial charge in [0.05, 0.1) is 15.6 Å². The van der Waals surface area contributed by atoms with Crippen LogP contribution in [0, 0.1) is 0 Å². The minimum atomic E-state index is -0.844. The Bertz CT molecular complexity index is 304. The first kappa shape index (κ1) is 12.5. The van der Waals surface area contributed by atoms with Gasteiger partial charge in [-0.25, -0.2) is 0 Å². The van der Waals surface area contributed by atoms with E-state index in [-0.39, 0.29) is 12.5 Å². The van der Waals surface area contributed by atoms with Gasteiger partial charge in [-0.15, -0.1) is 23.1 Å². The number of amides is 1. The lowest BCUT2D eigenvalue weighted by molar-refractivity contribution is -0.119. The van der Waals surface area contributed by atoms with Gasteiger partial charge in [0.1, 0.15) is 0 Å². The minimum Gasteiger partial charge on any atom is -0.389 e. The van der Waals surface area contributed by atoms with Crippen LogP contribution in [0.5, 0.6) is 0 Å². The molecule has 0 saturated carbocycles. The van der Waals surface area contributed by atoms with Crippen LogP contribution in [0.15, 0.2) is 21.7 Å². The molecule has 3 nitrogen and oxygen atoms in total. The lowest BCUT2D eigenvalue weighted by Crippen LogP contribution is -2.38. The first-order valence-electron chi connectivity index (χ1n) is 4.63. The maximum Gasteiger partial charge on any atom is 0.230 e. The van der Waals surface area contributed by atoms with Crippen molar-refractivity contribution in [3.8, 4) is 0 Å². The fraction of sp³-hybridized carbons (Fsp3) is 0.500. The van der Waals surface area contributed by atoms with E-state index in [1.54, 1.807) is 25.2 Å². The van der Waals surface area contributed by atoms with E-state index in [2.05, 4.69) is 5.32 Å². The summed E-state index contributed by atoms with van der Waals surface area (Å²) >= 11 is 3.13. The average Bonchev–Trinajstić information content (AvgIpc) is 2.62. The highest BCUT2D eigenvalue weighted by molar-refractivity contribution is 8.01. The van der Waals surface area contributed by atoms with Crippen molar-refractivity contribution in [2.75, 3.05) is 12.3 Å². The molecule has 0 bridgehead atoms. The van der Waals surface area contributed by atoms with Crippen LogP contribution < -0.4 is 5.32 Å². The highest BCUT2D eigenvalue weighted by atomic mass is 32.2. The van der Waals surface area contributed by atoms with Gasteiger partial charge < -0.3 is 10.4 Å². The Morgan fingerprint density at radius 3 is 2.93 bits per heavy atom. The molecule has 15 heavy (non-hydrogen) atoms. The van der Waals surface area contributed by atoms with Gasteiger partial charge in [0.15, 0.2) is 0 Å². The van der Waals surface area contributed by atoms with Gasteiger partial charge in [0.25, 0.3) is 0 Å². The average molecular weight is 245 g/mol. The van der Waals surface area contributed by atoms with Gasteiger partial charge in [0.2, 0.25) is 5.91 Å². The minimum absolute atomic E-state index is 0.0458. The van der Waals surface area contributed by atoms with Crippen LogP contribution in [0.25, 0.3) is 0 Å². The Labute approximate surface area is 97.9 Å². The molecule has 5 heteroatoms. The second-order valence-electron chi connectivity index (χ2n) is 3.81. The predicted octanol–water partition coefficient (Wildman–Crippen LogP) is 1.73. The molecule has 0 aliphatic heterocycles. The Hall–Kier alpha value is -0.520. The van der Waals surface area contributed by atoms with E-state index in [4.69, 9.17) is 0 Å². The standard InChI is InChI=1S/C10H15NO2S2/c1-10(2,13)7-11-8(12)6-15-9-4-3-5-14-9/h3-5,13H,6-7H2,1-2H3,(H,11,12). The molecule has 1 amide bonds. The third-order valence-corrected chi connectivity index (χ3v) is 3.69. The number of thioether (sulfide) groups is 1. The van der Waals surface area contributed by atoms with E-state index < -0.39 is 5.60 Å². The topological polar surface area (TPSA) is 49.3 Å².